The van der Waals surface area contributed by atoms with Crippen molar-refractivity contribution in [2.24, 2.45) is 0 Å². The van der Waals surface area contributed by atoms with Crippen molar-refractivity contribution < 1.29 is 27.4 Å². The van der Waals surface area contributed by atoms with Crippen LogP contribution in [0.25, 0.3) is 10.9 Å². The van der Waals surface area contributed by atoms with E-state index in [4.69, 9.17) is 4.74 Å². The number of ether oxygens (including phenoxy) is 2. The molecule has 3 rings (SSSR count). The summed E-state index contributed by atoms with van der Waals surface area (Å²) in [4.78, 5) is 12.0. The molecule has 6 nitrogen and oxygen atoms in total. The predicted molar refractivity (Wildman–Crippen MR) is 110 cm³/mol. The van der Waals surface area contributed by atoms with Crippen LogP contribution in [0.4, 0.5) is 18.0 Å². The second-order valence-corrected chi connectivity index (χ2v) is 7.10. The number of rotatable bonds is 9. The number of aromatic nitrogens is 2. The molecule has 166 valence electrons. The molecular weight excluding hydrogens is 411 g/mol. The van der Waals surface area contributed by atoms with Crippen LogP contribution in [-0.4, -0.2) is 29.2 Å². The Hall–Kier alpha value is -3.23. The fraction of sp³-hybridized carbons (Fsp3) is 0.364. The SMILES string of the molecule is CCCC(CCNC(=O)OCc1ccccc1)c1n[nH]c2c(OC(F)(F)F)cccc12. The van der Waals surface area contributed by atoms with Gasteiger partial charge in [-0.15, -0.1) is 13.2 Å². The maximum atomic E-state index is 12.7. The van der Waals surface area contributed by atoms with Gasteiger partial charge in [0.2, 0.25) is 0 Å². The maximum absolute atomic E-state index is 12.7. The highest BCUT2D eigenvalue weighted by Crippen LogP contribution is 2.35. The minimum absolute atomic E-state index is 0.0469. The minimum Gasteiger partial charge on any atom is -0.445 e. The van der Waals surface area contributed by atoms with E-state index in [1.54, 1.807) is 6.07 Å². The van der Waals surface area contributed by atoms with Crippen molar-refractivity contribution in [3.05, 3.63) is 59.8 Å². The number of carbonyl (C=O) groups excluding carboxylic acids is 1. The topological polar surface area (TPSA) is 76.2 Å². The first-order valence-corrected chi connectivity index (χ1v) is 10.0. The molecule has 31 heavy (non-hydrogen) atoms. The molecule has 3 aromatic rings. The summed E-state index contributed by atoms with van der Waals surface area (Å²) in [5.74, 6) is -0.365. The molecule has 0 bridgehead atoms. The van der Waals surface area contributed by atoms with Crippen LogP contribution in [0.1, 0.15) is 43.4 Å². The minimum atomic E-state index is -4.79. The van der Waals surface area contributed by atoms with Gasteiger partial charge in [0.1, 0.15) is 12.1 Å². The van der Waals surface area contributed by atoms with Crippen LogP contribution in [0.5, 0.6) is 5.75 Å². The number of nitrogens with zero attached hydrogens (tertiary/aromatic N) is 1. The summed E-state index contributed by atoms with van der Waals surface area (Å²) in [6.07, 6.45) is -3.11. The number of carbonyl (C=O) groups is 1. The van der Waals surface area contributed by atoms with Crippen molar-refractivity contribution in [2.75, 3.05) is 6.54 Å². The van der Waals surface area contributed by atoms with Crippen molar-refractivity contribution in [2.45, 2.75) is 45.1 Å². The lowest BCUT2D eigenvalue weighted by Gasteiger charge is -2.15. The van der Waals surface area contributed by atoms with Crippen LogP contribution in [0.15, 0.2) is 48.5 Å². The normalized spacial score (nSPS) is 12.5. The Morgan fingerprint density at radius 1 is 1.13 bits per heavy atom. The van der Waals surface area contributed by atoms with Gasteiger partial charge in [0.25, 0.3) is 0 Å². The van der Waals surface area contributed by atoms with Gasteiger partial charge in [-0.2, -0.15) is 5.10 Å². The van der Waals surface area contributed by atoms with Gasteiger partial charge in [-0.1, -0.05) is 55.8 Å². The molecule has 1 amide bonds. The van der Waals surface area contributed by atoms with Gasteiger partial charge in [-0.25, -0.2) is 4.79 Å². The number of alkyl halides is 3. The molecule has 0 aliphatic carbocycles. The Morgan fingerprint density at radius 3 is 2.61 bits per heavy atom. The van der Waals surface area contributed by atoms with Crippen molar-refractivity contribution in [1.82, 2.24) is 15.5 Å². The molecule has 0 aliphatic rings. The second kappa shape index (κ2) is 10.2. The second-order valence-electron chi connectivity index (χ2n) is 7.10. The van der Waals surface area contributed by atoms with Crippen LogP contribution < -0.4 is 10.1 Å². The fourth-order valence-electron chi connectivity index (χ4n) is 3.45. The molecule has 0 saturated carbocycles. The highest BCUT2D eigenvalue weighted by Gasteiger charge is 2.32. The van der Waals surface area contributed by atoms with E-state index in [1.165, 1.54) is 12.1 Å². The summed E-state index contributed by atoms with van der Waals surface area (Å²) < 4.78 is 47.3. The van der Waals surface area contributed by atoms with Gasteiger partial charge in [0, 0.05) is 17.8 Å². The zero-order valence-electron chi connectivity index (χ0n) is 17.0. The number of hydrogen-bond donors (Lipinski definition) is 2. The number of para-hydroxylation sites is 1. The molecule has 1 unspecified atom stereocenters. The number of nitrogens with one attached hydrogen (secondary N) is 2. The molecule has 9 heteroatoms. The van der Waals surface area contributed by atoms with Gasteiger partial charge in [-0.05, 0) is 24.5 Å². The first-order valence-electron chi connectivity index (χ1n) is 10.0. The largest absolute Gasteiger partial charge is 0.573 e. The predicted octanol–water partition coefficient (Wildman–Crippen LogP) is 5.66. The average molecular weight is 435 g/mol. The number of fused-ring (bicyclic) bond motifs is 1. The molecule has 2 N–H and O–H groups in total. The van der Waals surface area contributed by atoms with Crippen LogP contribution in [0.3, 0.4) is 0 Å². The summed E-state index contributed by atoms with van der Waals surface area (Å²) >= 11 is 0. The molecule has 0 spiro atoms. The summed E-state index contributed by atoms with van der Waals surface area (Å²) in [6, 6.07) is 13.8. The van der Waals surface area contributed by atoms with E-state index in [0.717, 1.165) is 18.4 Å². The molecule has 1 atom stereocenters. The van der Waals surface area contributed by atoms with E-state index in [9.17, 15) is 18.0 Å². The van der Waals surface area contributed by atoms with E-state index < -0.39 is 12.5 Å². The number of hydrogen-bond acceptors (Lipinski definition) is 4. The lowest BCUT2D eigenvalue weighted by Crippen LogP contribution is -2.26. The first-order chi connectivity index (χ1) is 14.9. The number of aromatic amines is 1. The van der Waals surface area contributed by atoms with E-state index in [1.807, 2.05) is 37.3 Å². The van der Waals surface area contributed by atoms with E-state index in [-0.39, 0.29) is 23.8 Å². The number of H-pyrrole nitrogens is 1. The monoisotopic (exact) mass is 435 g/mol. The summed E-state index contributed by atoms with van der Waals surface area (Å²) in [7, 11) is 0. The summed E-state index contributed by atoms with van der Waals surface area (Å²) in [5, 5.41) is 10.2. The van der Waals surface area contributed by atoms with Gasteiger partial charge in [0.05, 0.1) is 5.69 Å². The fourth-order valence-corrected chi connectivity index (χ4v) is 3.45. The highest BCUT2D eigenvalue weighted by atomic mass is 19.4. The average Bonchev–Trinajstić information content (AvgIpc) is 3.16. The number of amides is 1. The highest BCUT2D eigenvalue weighted by molar-refractivity contribution is 5.87. The number of halogens is 3. The van der Waals surface area contributed by atoms with Gasteiger partial charge >= 0.3 is 12.5 Å². The summed E-state index contributed by atoms with van der Waals surface area (Å²) in [6.45, 7) is 2.55. The van der Waals surface area contributed by atoms with Crippen LogP contribution in [-0.2, 0) is 11.3 Å². The Bertz CT molecular complexity index is 990. The first kappa shape index (κ1) is 22.5. The van der Waals surface area contributed by atoms with Crippen molar-refractivity contribution in [3.63, 3.8) is 0 Å². The number of benzene rings is 2. The van der Waals surface area contributed by atoms with Crippen molar-refractivity contribution in [3.8, 4) is 5.75 Å². The Balaban J connectivity index is 1.62. The standard InChI is InChI=1S/C22H24F3N3O3/c1-2-7-16(12-13-26-21(29)30-14-15-8-4-3-5-9-15)19-17-10-6-11-18(20(17)28-27-19)31-22(23,24)25/h3-6,8-11,16H,2,7,12-14H2,1H3,(H,26,29)(H,27,28). The third kappa shape index (κ3) is 6.37. The van der Waals surface area contributed by atoms with Crippen molar-refractivity contribution in [1.29, 1.82) is 0 Å². The van der Waals surface area contributed by atoms with Crippen LogP contribution in [0, 0.1) is 0 Å². The Morgan fingerprint density at radius 2 is 1.90 bits per heavy atom. The quantitative estimate of drug-likeness (QED) is 0.455. The van der Waals surface area contributed by atoms with Crippen LogP contribution >= 0.6 is 0 Å². The number of alkyl carbamates (subject to hydrolysis) is 1. The zero-order valence-corrected chi connectivity index (χ0v) is 17.0. The lowest BCUT2D eigenvalue weighted by atomic mass is 9.93. The van der Waals surface area contributed by atoms with Gasteiger partial charge < -0.3 is 14.8 Å². The Labute approximate surface area is 177 Å². The molecular formula is C22H24F3N3O3. The van der Waals surface area contributed by atoms with Crippen LogP contribution in [0.2, 0.25) is 0 Å². The molecule has 0 radical (unpaired) electrons. The van der Waals surface area contributed by atoms with E-state index >= 15 is 0 Å². The maximum Gasteiger partial charge on any atom is 0.573 e. The van der Waals surface area contributed by atoms with E-state index in [2.05, 4.69) is 20.3 Å². The summed E-state index contributed by atoms with van der Waals surface area (Å²) in [5.41, 5.74) is 1.75. The van der Waals surface area contributed by atoms with Gasteiger partial charge in [0.15, 0.2) is 5.75 Å². The Kier molecular flexibility index (Phi) is 7.38. The van der Waals surface area contributed by atoms with E-state index in [0.29, 0.717) is 24.0 Å². The lowest BCUT2D eigenvalue weighted by molar-refractivity contribution is -0.274. The third-order valence-electron chi connectivity index (χ3n) is 4.81. The van der Waals surface area contributed by atoms with Gasteiger partial charge in [-0.3, -0.25) is 5.10 Å². The van der Waals surface area contributed by atoms with Crippen molar-refractivity contribution >= 4 is 17.0 Å². The smallest absolute Gasteiger partial charge is 0.445 e. The zero-order chi connectivity index (χ0) is 22.3. The molecule has 0 aliphatic heterocycles. The molecule has 1 aromatic heterocycles. The molecule has 1 heterocycles. The third-order valence-corrected chi connectivity index (χ3v) is 4.81. The molecule has 0 saturated heterocycles. The molecule has 0 fully saturated rings. The molecule has 2 aromatic carbocycles.